The number of para-hydroxylation sites is 1. The highest BCUT2D eigenvalue weighted by Crippen LogP contribution is 2.21. The molecule has 0 aliphatic carbocycles. The van der Waals surface area contributed by atoms with Crippen LogP contribution in [0.25, 0.3) is 0 Å². The topological polar surface area (TPSA) is 73.2 Å². The van der Waals surface area contributed by atoms with Gasteiger partial charge in [-0.25, -0.2) is 4.98 Å². The number of carbonyl (C=O) groups is 1. The Hall–Kier alpha value is -1.86. The Labute approximate surface area is 133 Å². The molecule has 21 heavy (non-hydrogen) atoms. The number of anilines is 1. The number of benzene rings is 1. The lowest BCUT2D eigenvalue weighted by atomic mass is 10.3. The lowest BCUT2D eigenvalue weighted by Crippen LogP contribution is -2.28. The van der Waals surface area contributed by atoms with E-state index in [9.17, 15) is 9.59 Å². The normalized spacial score (nSPS) is 10.2. The van der Waals surface area contributed by atoms with Gasteiger partial charge in [-0.15, -0.1) is 0 Å². The summed E-state index contributed by atoms with van der Waals surface area (Å²) in [5, 5.41) is 2.65. The molecule has 1 N–H and O–H groups in total. The predicted octanol–water partition coefficient (Wildman–Crippen LogP) is 2.31. The van der Waals surface area contributed by atoms with Crippen molar-refractivity contribution < 1.29 is 9.53 Å². The van der Waals surface area contributed by atoms with Gasteiger partial charge in [0.05, 0.1) is 19.1 Å². The number of amides is 1. The first-order chi connectivity index (χ1) is 10.0. The van der Waals surface area contributed by atoms with Crippen LogP contribution in [0.5, 0.6) is 5.75 Å². The summed E-state index contributed by atoms with van der Waals surface area (Å²) in [4.78, 5) is 27.8. The van der Waals surface area contributed by atoms with E-state index in [0.717, 1.165) is 9.04 Å². The van der Waals surface area contributed by atoms with E-state index in [1.807, 2.05) is 6.07 Å². The van der Waals surface area contributed by atoms with E-state index in [-0.39, 0.29) is 23.4 Å². The van der Waals surface area contributed by atoms with Gasteiger partial charge in [-0.3, -0.25) is 14.2 Å². The standard InChI is InChI=1S/C13H11BrClN3O3/c1-21-11-12(15)16-7-18(13(11)20)6-10(19)17-9-5-3-2-4-8(9)14/h2-5,7H,6H2,1H3,(H,17,19). The first-order valence-corrected chi connectivity index (χ1v) is 7.03. The average molecular weight is 373 g/mol. The van der Waals surface area contributed by atoms with E-state index in [2.05, 4.69) is 26.2 Å². The fourth-order valence-corrected chi connectivity index (χ4v) is 2.23. The van der Waals surface area contributed by atoms with E-state index >= 15 is 0 Å². The van der Waals surface area contributed by atoms with Gasteiger partial charge in [0.1, 0.15) is 6.54 Å². The van der Waals surface area contributed by atoms with Crippen molar-refractivity contribution in [1.82, 2.24) is 9.55 Å². The molecule has 8 heteroatoms. The first kappa shape index (κ1) is 15.5. The van der Waals surface area contributed by atoms with Crippen molar-refractivity contribution in [3.05, 3.63) is 50.6 Å². The lowest BCUT2D eigenvalue weighted by molar-refractivity contribution is -0.116. The molecule has 0 radical (unpaired) electrons. The molecule has 0 unspecified atom stereocenters. The van der Waals surface area contributed by atoms with Crippen LogP contribution in [0.4, 0.5) is 5.69 Å². The highest BCUT2D eigenvalue weighted by molar-refractivity contribution is 9.10. The Morgan fingerprint density at radius 1 is 1.48 bits per heavy atom. The zero-order valence-corrected chi connectivity index (χ0v) is 13.3. The third-order valence-corrected chi connectivity index (χ3v) is 3.58. The third-order valence-electron chi connectivity index (χ3n) is 2.62. The van der Waals surface area contributed by atoms with Gasteiger partial charge in [0.25, 0.3) is 5.56 Å². The zero-order chi connectivity index (χ0) is 15.4. The number of hydrogen-bond donors (Lipinski definition) is 1. The minimum atomic E-state index is -0.514. The second-order valence-electron chi connectivity index (χ2n) is 4.03. The van der Waals surface area contributed by atoms with E-state index in [1.165, 1.54) is 13.4 Å². The van der Waals surface area contributed by atoms with Gasteiger partial charge < -0.3 is 10.1 Å². The Bertz CT molecular complexity index is 733. The third kappa shape index (κ3) is 3.62. The van der Waals surface area contributed by atoms with Gasteiger partial charge in [0, 0.05) is 4.47 Å². The van der Waals surface area contributed by atoms with Gasteiger partial charge in [-0.05, 0) is 28.1 Å². The second kappa shape index (κ2) is 6.73. The number of rotatable bonds is 4. The number of aromatic nitrogens is 2. The van der Waals surface area contributed by atoms with E-state index < -0.39 is 5.56 Å². The summed E-state index contributed by atoms with van der Waals surface area (Å²) < 4.78 is 6.74. The Balaban J connectivity index is 2.18. The summed E-state index contributed by atoms with van der Waals surface area (Å²) in [6.45, 7) is -0.194. The summed E-state index contributed by atoms with van der Waals surface area (Å²) >= 11 is 9.06. The maximum Gasteiger partial charge on any atom is 0.297 e. The summed E-state index contributed by atoms with van der Waals surface area (Å²) in [6, 6.07) is 7.16. The fourth-order valence-electron chi connectivity index (χ4n) is 1.64. The molecule has 110 valence electrons. The van der Waals surface area contributed by atoms with Crippen LogP contribution in [0, 0.1) is 0 Å². The van der Waals surface area contributed by atoms with Crippen LogP contribution in [0.1, 0.15) is 0 Å². The zero-order valence-electron chi connectivity index (χ0n) is 11.0. The maximum atomic E-state index is 12.0. The summed E-state index contributed by atoms with van der Waals surface area (Å²) in [5.41, 5.74) is 0.101. The van der Waals surface area contributed by atoms with Crippen LogP contribution >= 0.6 is 27.5 Å². The van der Waals surface area contributed by atoms with Crippen molar-refractivity contribution in [1.29, 1.82) is 0 Å². The summed E-state index contributed by atoms with van der Waals surface area (Å²) in [5.74, 6) is -0.456. The van der Waals surface area contributed by atoms with Crippen molar-refractivity contribution in [3.8, 4) is 5.75 Å². The molecule has 0 aliphatic rings. The minimum absolute atomic E-state index is 0.0371. The number of hydrogen-bond acceptors (Lipinski definition) is 4. The van der Waals surface area contributed by atoms with Crippen LogP contribution in [0.2, 0.25) is 5.15 Å². The molecule has 1 aromatic carbocycles. The number of nitrogens with one attached hydrogen (secondary N) is 1. The molecular weight excluding hydrogens is 362 g/mol. The molecule has 0 bridgehead atoms. The van der Waals surface area contributed by atoms with Gasteiger partial charge >= 0.3 is 0 Å². The monoisotopic (exact) mass is 371 g/mol. The molecule has 0 aliphatic heterocycles. The van der Waals surface area contributed by atoms with Gasteiger partial charge in [-0.2, -0.15) is 0 Å². The Morgan fingerprint density at radius 2 is 2.19 bits per heavy atom. The molecule has 0 saturated carbocycles. The highest BCUT2D eigenvalue weighted by atomic mass is 79.9. The maximum absolute atomic E-state index is 12.0. The molecule has 2 aromatic rings. The predicted molar refractivity (Wildman–Crippen MR) is 82.8 cm³/mol. The summed E-state index contributed by atoms with van der Waals surface area (Å²) in [7, 11) is 1.32. The van der Waals surface area contributed by atoms with Crippen LogP contribution in [-0.4, -0.2) is 22.6 Å². The number of halogens is 2. The van der Waals surface area contributed by atoms with Gasteiger partial charge in [0.2, 0.25) is 11.7 Å². The number of carbonyl (C=O) groups excluding carboxylic acids is 1. The smallest absolute Gasteiger partial charge is 0.297 e. The van der Waals surface area contributed by atoms with Crippen molar-refractivity contribution in [3.63, 3.8) is 0 Å². The summed E-state index contributed by atoms with van der Waals surface area (Å²) in [6.07, 6.45) is 1.20. The Kier molecular flexibility index (Phi) is 4.98. The van der Waals surface area contributed by atoms with E-state index in [1.54, 1.807) is 18.2 Å². The minimum Gasteiger partial charge on any atom is -0.489 e. The van der Waals surface area contributed by atoms with Gasteiger partial charge in [-0.1, -0.05) is 23.7 Å². The number of methoxy groups -OCH3 is 1. The SMILES string of the molecule is COc1c(Cl)ncn(CC(=O)Nc2ccccc2Br)c1=O. The van der Waals surface area contributed by atoms with Crippen LogP contribution in [-0.2, 0) is 11.3 Å². The lowest BCUT2D eigenvalue weighted by Gasteiger charge is -2.09. The molecule has 1 aromatic heterocycles. The average Bonchev–Trinajstić information content (AvgIpc) is 2.45. The molecular formula is C13H11BrClN3O3. The van der Waals surface area contributed by atoms with Crippen molar-refractivity contribution in [2.75, 3.05) is 12.4 Å². The van der Waals surface area contributed by atoms with Gasteiger partial charge in [0.15, 0.2) is 5.15 Å². The molecule has 0 spiro atoms. The number of nitrogens with zero attached hydrogens (tertiary/aromatic N) is 2. The second-order valence-corrected chi connectivity index (χ2v) is 5.24. The molecule has 1 amide bonds. The molecule has 0 saturated heterocycles. The van der Waals surface area contributed by atoms with Crippen LogP contribution in [0.3, 0.4) is 0 Å². The number of ether oxygens (including phenoxy) is 1. The fraction of sp³-hybridized carbons (Fsp3) is 0.154. The van der Waals surface area contributed by atoms with Crippen molar-refractivity contribution in [2.24, 2.45) is 0 Å². The largest absolute Gasteiger partial charge is 0.489 e. The molecule has 1 heterocycles. The van der Waals surface area contributed by atoms with Crippen molar-refractivity contribution >= 4 is 39.1 Å². The molecule has 0 fully saturated rings. The van der Waals surface area contributed by atoms with E-state index in [4.69, 9.17) is 16.3 Å². The highest BCUT2D eigenvalue weighted by Gasteiger charge is 2.13. The van der Waals surface area contributed by atoms with Crippen molar-refractivity contribution in [2.45, 2.75) is 6.54 Å². The molecule has 6 nitrogen and oxygen atoms in total. The molecule has 2 rings (SSSR count). The Morgan fingerprint density at radius 3 is 2.86 bits per heavy atom. The molecule has 0 atom stereocenters. The van der Waals surface area contributed by atoms with Crippen LogP contribution < -0.4 is 15.6 Å². The first-order valence-electron chi connectivity index (χ1n) is 5.86. The van der Waals surface area contributed by atoms with E-state index in [0.29, 0.717) is 5.69 Å². The van der Waals surface area contributed by atoms with Crippen LogP contribution in [0.15, 0.2) is 39.9 Å². The quantitative estimate of drug-likeness (QED) is 0.836.